The van der Waals surface area contributed by atoms with Gasteiger partial charge in [0.15, 0.2) is 6.10 Å². The Kier molecular flexibility index (Phi) is 6.62. The van der Waals surface area contributed by atoms with Crippen molar-refractivity contribution >= 4 is 23.2 Å². The van der Waals surface area contributed by atoms with E-state index in [4.69, 9.17) is 9.47 Å². The van der Waals surface area contributed by atoms with E-state index >= 15 is 0 Å². The first kappa shape index (κ1) is 17.8. The summed E-state index contributed by atoms with van der Waals surface area (Å²) in [6.07, 6.45) is -0.517. The molecular weight excluding hydrogens is 328 g/mol. The maximum Gasteiger partial charge on any atom is 0.279 e. The zero-order valence-electron chi connectivity index (χ0n) is 13.6. The van der Waals surface area contributed by atoms with Crippen molar-refractivity contribution in [1.29, 1.82) is 0 Å². The summed E-state index contributed by atoms with van der Waals surface area (Å²) < 4.78 is 10.9. The molecule has 7 heteroatoms. The molecule has 128 valence electrons. The molecule has 1 atom stereocenters. The van der Waals surface area contributed by atoms with Crippen LogP contribution in [0.25, 0.3) is 0 Å². The predicted molar refractivity (Wildman–Crippen MR) is 92.0 cm³/mol. The zero-order chi connectivity index (χ0) is 17.4. The van der Waals surface area contributed by atoms with Gasteiger partial charge in [-0.1, -0.05) is 6.07 Å². The number of thiophene rings is 1. The predicted octanol–water partition coefficient (Wildman–Crippen LogP) is 2.30. The first-order valence-corrected chi connectivity index (χ1v) is 8.47. The molecule has 0 aliphatic heterocycles. The van der Waals surface area contributed by atoms with E-state index in [-0.39, 0.29) is 12.3 Å². The maximum atomic E-state index is 12.0. The van der Waals surface area contributed by atoms with Gasteiger partial charge in [-0.05, 0) is 49.6 Å². The van der Waals surface area contributed by atoms with Gasteiger partial charge in [-0.15, -0.1) is 11.3 Å². The number of nitrogens with one attached hydrogen (secondary N) is 2. The molecule has 2 aromatic rings. The Labute approximate surface area is 144 Å². The molecule has 1 aromatic carbocycles. The molecule has 2 N–H and O–H groups in total. The fraction of sp³-hybridized carbons (Fsp3) is 0.294. The Morgan fingerprint density at radius 3 is 2.46 bits per heavy atom. The highest BCUT2D eigenvalue weighted by atomic mass is 32.1. The quantitative estimate of drug-likeness (QED) is 0.753. The molecule has 1 aromatic heterocycles. The van der Waals surface area contributed by atoms with Crippen LogP contribution in [0.3, 0.4) is 0 Å². The van der Waals surface area contributed by atoms with Gasteiger partial charge in [0, 0.05) is 4.88 Å². The van der Waals surface area contributed by atoms with Gasteiger partial charge >= 0.3 is 0 Å². The van der Waals surface area contributed by atoms with Crippen molar-refractivity contribution in [3.8, 4) is 11.5 Å². The van der Waals surface area contributed by atoms with E-state index in [0.29, 0.717) is 12.4 Å². The summed E-state index contributed by atoms with van der Waals surface area (Å²) in [5.74, 6) is 0.580. The van der Waals surface area contributed by atoms with E-state index in [2.05, 4.69) is 10.9 Å². The van der Waals surface area contributed by atoms with E-state index in [1.807, 2.05) is 24.4 Å². The minimum absolute atomic E-state index is 0.228. The van der Waals surface area contributed by atoms with E-state index in [9.17, 15) is 9.59 Å². The summed E-state index contributed by atoms with van der Waals surface area (Å²) in [4.78, 5) is 24.6. The molecule has 0 radical (unpaired) electrons. The van der Waals surface area contributed by atoms with Crippen LogP contribution in [0.5, 0.6) is 11.5 Å². The van der Waals surface area contributed by atoms with Crippen molar-refractivity contribution in [2.45, 2.75) is 26.4 Å². The molecule has 0 bridgehead atoms. The highest BCUT2D eigenvalue weighted by molar-refractivity contribution is 7.10. The minimum atomic E-state index is -0.745. The lowest BCUT2D eigenvalue weighted by molar-refractivity contribution is -0.132. The highest BCUT2D eigenvalue weighted by Crippen LogP contribution is 2.18. The Morgan fingerprint density at radius 2 is 1.83 bits per heavy atom. The molecule has 6 nitrogen and oxygen atoms in total. The number of hydrazine groups is 1. The maximum absolute atomic E-state index is 12.0. The van der Waals surface area contributed by atoms with Gasteiger partial charge in [0.2, 0.25) is 5.91 Å². The third-order valence-corrected chi connectivity index (χ3v) is 3.93. The standard InChI is InChI=1S/C17H20N2O4S/c1-3-22-13-6-8-14(9-7-13)23-12(2)17(21)19-18-16(20)11-15-5-4-10-24-15/h4-10,12H,3,11H2,1-2H3,(H,18,20)(H,19,21). The second-order valence-electron chi connectivity index (χ2n) is 4.96. The average Bonchev–Trinajstić information content (AvgIpc) is 3.07. The number of hydrogen-bond donors (Lipinski definition) is 2. The Balaban J connectivity index is 1.76. The largest absolute Gasteiger partial charge is 0.494 e. The second kappa shape index (κ2) is 8.93. The van der Waals surface area contributed by atoms with Crippen LogP contribution in [0.1, 0.15) is 18.7 Å². The van der Waals surface area contributed by atoms with Crippen molar-refractivity contribution < 1.29 is 19.1 Å². The fourth-order valence-corrected chi connectivity index (χ4v) is 2.59. The smallest absolute Gasteiger partial charge is 0.279 e. The Hall–Kier alpha value is -2.54. The number of carbonyl (C=O) groups excluding carboxylic acids is 2. The van der Waals surface area contributed by atoms with Crippen LogP contribution in [-0.4, -0.2) is 24.5 Å². The summed E-state index contributed by atoms with van der Waals surface area (Å²) in [6.45, 7) is 4.10. The molecule has 2 rings (SSSR count). The number of benzene rings is 1. The fourth-order valence-electron chi connectivity index (χ4n) is 1.89. The third-order valence-electron chi connectivity index (χ3n) is 3.06. The van der Waals surface area contributed by atoms with E-state index < -0.39 is 12.0 Å². The van der Waals surface area contributed by atoms with Gasteiger partial charge in [-0.3, -0.25) is 20.4 Å². The third kappa shape index (κ3) is 5.58. The molecule has 0 saturated heterocycles. The summed E-state index contributed by atoms with van der Waals surface area (Å²) in [6, 6.07) is 10.7. The summed E-state index contributed by atoms with van der Waals surface area (Å²) in [7, 11) is 0. The van der Waals surface area contributed by atoms with Crippen LogP contribution in [0.2, 0.25) is 0 Å². The van der Waals surface area contributed by atoms with Crippen LogP contribution < -0.4 is 20.3 Å². The zero-order valence-corrected chi connectivity index (χ0v) is 14.4. The van der Waals surface area contributed by atoms with Crippen molar-refractivity contribution in [3.63, 3.8) is 0 Å². The summed E-state index contributed by atoms with van der Waals surface area (Å²) >= 11 is 1.49. The first-order valence-electron chi connectivity index (χ1n) is 7.59. The number of carbonyl (C=O) groups is 2. The molecule has 0 aliphatic carbocycles. The van der Waals surface area contributed by atoms with Crippen molar-refractivity contribution in [2.24, 2.45) is 0 Å². The van der Waals surface area contributed by atoms with Gasteiger partial charge < -0.3 is 9.47 Å². The number of ether oxygens (including phenoxy) is 2. The first-order chi connectivity index (χ1) is 11.6. The number of rotatable bonds is 7. The van der Waals surface area contributed by atoms with Gasteiger partial charge in [-0.25, -0.2) is 0 Å². The van der Waals surface area contributed by atoms with E-state index in [1.165, 1.54) is 11.3 Å². The van der Waals surface area contributed by atoms with Crippen LogP contribution in [0, 0.1) is 0 Å². The lowest BCUT2D eigenvalue weighted by Gasteiger charge is -2.15. The monoisotopic (exact) mass is 348 g/mol. The molecule has 2 amide bonds. The van der Waals surface area contributed by atoms with E-state index in [1.54, 1.807) is 31.2 Å². The lowest BCUT2D eigenvalue weighted by Crippen LogP contribution is -2.47. The van der Waals surface area contributed by atoms with Crippen molar-refractivity contribution in [2.75, 3.05) is 6.61 Å². The minimum Gasteiger partial charge on any atom is -0.494 e. The normalized spacial score (nSPS) is 11.4. The van der Waals surface area contributed by atoms with Crippen LogP contribution in [-0.2, 0) is 16.0 Å². The molecule has 0 fully saturated rings. The molecular formula is C17H20N2O4S. The molecule has 0 spiro atoms. The summed E-state index contributed by atoms with van der Waals surface area (Å²) in [5, 5.41) is 1.90. The van der Waals surface area contributed by atoms with Crippen LogP contribution >= 0.6 is 11.3 Å². The van der Waals surface area contributed by atoms with Crippen molar-refractivity contribution in [3.05, 3.63) is 46.7 Å². The SMILES string of the molecule is CCOc1ccc(OC(C)C(=O)NNC(=O)Cc2cccs2)cc1. The van der Waals surface area contributed by atoms with Crippen LogP contribution in [0.4, 0.5) is 0 Å². The van der Waals surface area contributed by atoms with Gasteiger partial charge in [0.1, 0.15) is 11.5 Å². The van der Waals surface area contributed by atoms with Gasteiger partial charge in [-0.2, -0.15) is 0 Å². The molecule has 0 aliphatic rings. The average molecular weight is 348 g/mol. The Bertz CT molecular complexity index is 656. The van der Waals surface area contributed by atoms with E-state index in [0.717, 1.165) is 10.6 Å². The molecule has 24 heavy (non-hydrogen) atoms. The van der Waals surface area contributed by atoms with Gasteiger partial charge in [0.25, 0.3) is 5.91 Å². The molecule has 1 unspecified atom stereocenters. The Morgan fingerprint density at radius 1 is 1.12 bits per heavy atom. The topological polar surface area (TPSA) is 76.7 Å². The number of hydrogen-bond acceptors (Lipinski definition) is 5. The summed E-state index contributed by atoms with van der Waals surface area (Å²) in [5.41, 5.74) is 4.74. The van der Waals surface area contributed by atoms with Crippen molar-refractivity contribution in [1.82, 2.24) is 10.9 Å². The van der Waals surface area contributed by atoms with Gasteiger partial charge in [0.05, 0.1) is 13.0 Å². The lowest BCUT2D eigenvalue weighted by atomic mass is 10.3. The second-order valence-corrected chi connectivity index (χ2v) is 5.99. The molecule has 1 heterocycles. The van der Waals surface area contributed by atoms with Crippen LogP contribution in [0.15, 0.2) is 41.8 Å². The molecule has 0 saturated carbocycles. The number of amides is 2. The highest BCUT2D eigenvalue weighted by Gasteiger charge is 2.15.